The summed E-state index contributed by atoms with van der Waals surface area (Å²) in [6, 6.07) is 9.96. The van der Waals surface area contributed by atoms with E-state index in [1.165, 1.54) is 0 Å². The zero-order valence-electron chi connectivity index (χ0n) is 11.5. The number of likely N-dealkylation sites (tertiary alicyclic amines) is 1. The molecule has 4 nitrogen and oxygen atoms in total. The molecule has 2 atom stereocenters. The molecule has 0 radical (unpaired) electrons. The van der Waals surface area contributed by atoms with Gasteiger partial charge in [0.05, 0.1) is 5.92 Å². The number of thioether (sulfide) groups is 1. The second-order valence-electron chi connectivity index (χ2n) is 5.13. The van der Waals surface area contributed by atoms with Gasteiger partial charge in [-0.05, 0) is 18.1 Å². The lowest BCUT2D eigenvalue weighted by Crippen LogP contribution is -2.30. The molecule has 0 aromatic heterocycles. The maximum Gasteiger partial charge on any atom is 0.308 e. The monoisotopic (exact) mass is 293 g/mol. The minimum Gasteiger partial charge on any atom is -0.481 e. The number of hydrogen-bond donors (Lipinski definition) is 1. The van der Waals surface area contributed by atoms with E-state index in [1.54, 1.807) is 16.7 Å². The molecule has 0 bridgehead atoms. The van der Waals surface area contributed by atoms with Crippen LogP contribution in [-0.4, -0.2) is 40.7 Å². The van der Waals surface area contributed by atoms with Crippen molar-refractivity contribution < 1.29 is 14.7 Å². The molecule has 20 heavy (non-hydrogen) atoms. The second-order valence-corrected chi connectivity index (χ2v) is 6.30. The van der Waals surface area contributed by atoms with Crippen LogP contribution >= 0.6 is 11.8 Å². The fourth-order valence-corrected chi connectivity index (χ4v) is 3.28. The predicted octanol–water partition coefficient (Wildman–Crippen LogP) is 2.35. The summed E-state index contributed by atoms with van der Waals surface area (Å²) < 4.78 is 0. The van der Waals surface area contributed by atoms with Crippen LogP contribution in [0, 0.1) is 11.8 Å². The van der Waals surface area contributed by atoms with E-state index in [4.69, 9.17) is 5.11 Å². The summed E-state index contributed by atoms with van der Waals surface area (Å²) in [5, 5.41) is 9.07. The van der Waals surface area contributed by atoms with Crippen LogP contribution in [0.4, 0.5) is 0 Å². The number of amides is 1. The Morgan fingerprint density at radius 1 is 1.30 bits per heavy atom. The van der Waals surface area contributed by atoms with Gasteiger partial charge in [-0.2, -0.15) is 0 Å². The summed E-state index contributed by atoms with van der Waals surface area (Å²) in [5.41, 5.74) is 0. The number of hydrogen-bond acceptors (Lipinski definition) is 3. The molecule has 1 aromatic carbocycles. The Morgan fingerprint density at radius 2 is 2.00 bits per heavy atom. The van der Waals surface area contributed by atoms with Gasteiger partial charge in [-0.1, -0.05) is 25.1 Å². The van der Waals surface area contributed by atoms with Gasteiger partial charge in [-0.3, -0.25) is 9.59 Å². The summed E-state index contributed by atoms with van der Waals surface area (Å²) in [5.74, 6) is -0.389. The molecule has 1 aliphatic rings. The van der Waals surface area contributed by atoms with Crippen LogP contribution in [0.3, 0.4) is 0 Å². The molecule has 2 unspecified atom stereocenters. The zero-order valence-corrected chi connectivity index (χ0v) is 12.3. The molecule has 1 amide bonds. The third-order valence-corrected chi connectivity index (χ3v) is 4.62. The van der Waals surface area contributed by atoms with Crippen molar-refractivity contribution in [1.29, 1.82) is 0 Å². The third kappa shape index (κ3) is 3.76. The average molecular weight is 293 g/mol. The number of benzene rings is 1. The number of carbonyl (C=O) groups excluding carboxylic acids is 1. The second kappa shape index (κ2) is 6.79. The van der Waals surface area contributed by atoms with Gasteiger partial charge in [0.1, 0.15) is 0 Å². The van der Waals surface area contributed by atoms with Gasteiger partial charge in [0.25, 0.3) is 0 Å². The van der Waals surface area contributed by atoms with Crippen LogP contribution in [0.5, 0.6) is 0 Å². The summed E-state index contributed by atoms with van der Waals surface area (Å²) in [7, 11) is 0. The van der Waals surface area contributed by atoms with Crippen molar-refractivity contribution >= 4 is 23.6 Å². The normalized spacial score (nSPS) is 21.9. The number of carbonyl (C=O) groups is 2. The highest BCUT2D eigenvalue weighted by Gasteiger charge is 2.36. The quantitative estimate of drug-likeness (QED) is 0.847. The van der Waals surface area contributed by atoms with Gasteiger partial charge in [-0.25, -0.2) is 0 Å². The van der Waals surface area contributed by atoms with Gasteiger partial charge in [0, 0.05) is 30.2 Å². The van der Waals surface area contributed by atoms with Crippen molar-refractivity contribution in [2.45, 2.75) is 18.2 Å². The van der Waals surface area contributed by atoms with E-state index < -0.39 is 11.9 Å². The van der Waals surface area contributed by atoms with E-state index in [1.807, 2.05) is 37.3 Å². The van der Waals surface area contributed by atoms with E-state index in [0.29, 0.717) is 19.5 Å². The molecule has 1 aliphatic heterocycles. The smallest absolute Gasteiger partial charge is 0.308 e. The first-order chi connectivity index (χ1) is 9.58. The predicted molar refractivity (Wildman–Crippen MR) is 78.7 cm³/mol. The van der Waals surface area contributed by atoms with Gasteiger partial charge in [0.2, 0.25) is 5.91 Å². The molecule has 1 aromatic rings. The number of carboxylic acid groups (broad SMARTS) is 1. The Morgan fingerprint density at radius 3 is 2.60 bits per heavy atom. The lowest BCUT2D eigenvalue weighted by molar-refractivity contribution is -0.142. The molecule has 5 heteroatoms. The Bertz CT molecular complexity index is 477. The lowest BCUT2D eigenvalue weighted by Gasteiger charge is -2.15. The van der Waals surface area contributed by atoms with Crippen molar-refractivity contribution in [2.75, 3.05) is 18.8 Å². The van der Waals surface area contributed by atoms with E-state index >= 15 is 0 Å². The first kappa shape index (κ1) is 14.9. The standard InChI is InChI=1S/C15H19NO3S/c1-11-9-16(10-13(11)15(18)19)14(17)7-8-20-12-5-3-2-4-6-12/h2-6,11,13H,7-10H2,1H3,(H,18,19). The SMILES string of the molecule is CC1CN(C(=O)CCSc2ccccc2)CC1C(=O)O. The highest BCUT2D eigenvalue weighted by Crippen LogP contribution is 2.24. The minimum atomic E-state index is -0.800. The van der Waals surface area contributed by atoms with Crippen molar-refractivity contribution in [3.8, 4) is 0 Å². The Kier molecular flexibility index (Phi) is 5.06. The Labute approximate surface area is 123 Å². The molecule has 0 aliphatic carbocycles. The molecule has 2 rings (SSSR count). The van der Waals surface area contributed by atoms with E-state index in [9.17, 15) is 9.59 Å². The maximum atomic E-state index is 12.1. The van der Waals surface area contributed by atoms with E-state index in [0.717, 1.165) is 10.6 Å². The van der Waals surface area contributed by atoms with Crippen LogP contribution in [0.1, 0.15) is 13.3 Å². The molecule has 1 saturated heterocycles. The molecular weight excluding hydrogens is 274 g/mol. The first-order valence-corrected chi connectivity index (χ1v) is 7.75. The Balaban J connectivity index is 1.77. The van der Waals surface area contributed by atoms with Crippen LogP contribution in [0.25, 0.3) is 0 Å². The maximum absolute atomic E-state index is 12.1. The van der Waals surface area contributed by atoms with Crippen molar-refractivity contribution in [1.82, 2.24) is 4.90 Å². The van der Waals surface area contributed by atoms with Gasteiger partial charge >= 0.3 is 5.97 Å². The van der Waals surface area contributed by atoms with Crippen LogP contribution in [0.15, 0.2) is 35.2 Å². The third-order valence-electron chi connectivity index (χ3n) is 3.61. The van der Waals surface area contributed by atoms with Gasteiger partial charge < -0.3 is 10.0 Å². The largest absolute Gasteiger partial charge is 0.481 e. The summed E-state index contributed by atoms with van der Waals surface area (Å²) in [4.78, 5) is 25.9. The van der Waals surface area contributed by atoms with E-state index in [2.05, 4.69) is 0 Å². The molecule has 0 saturated carbocycles. The highest BCUT2D eigenvalue weighted by molar-refractivity contribution is 7.99. The number of carboxylic acids is 1. The zero-order chi connectivity index (χ0) is 14.5. The topological polar surface area (TPSA) is 57.6 Å². The molecule has 1 heterocycles. The molecule has 108 valence electrons. The summed E-state index contributed by atoms with van der Waals surface area (Å²) in [6.45, 7) is 2.81. The summed E-state index contributed by atoms with van der Waals surface area (Å²) in [6.07, 6.45) is 0.457. The van der Waals surface area contributed by atoms with Crippen molar-refractivity contribution in [2.24, 2.45) is 11.8 Å². The minimum absolute atomic E-state index is 0.0400. The average Bonchev–Trinajstić information content (AvgIpc) is 2.82. The van der Waals surface area contributed by atoms with Gasteiger partial charge in [-0.15, -0.1) is 11.8 Å². The fraction of sp³-hybridized carbons (Fsp3) is 0.467. The van der Waals surface area contributed by atoms with Gasteiger partial charge in [0.15, 0.2) is 0 Å². The molecule has 1 N–H and O–H groups in total. The van der Waals surface area contributed by atoms with Crippen LogP contribution in [0.2, 0.25) is 0 Å². The summed E-state index contributed by atoms with van der Waals surface area (Å²) >= 11 is 1.65. The molecule has 1 fully saturated rings. The van der Waals surface area contributed by atoms with Crippen LogP contribution < -0.4 is 0 Å². The first-order valence-electron chi connectivity index (χ1n) is 6.76. The van der Waals surface area contributed by atoms with E-state index in [-0.39, 0.29) is 11.8 Å². The van der Waals surface area contributed by atoms with Crippen LogP contribution in [-0.2, 0) is 9.59 Å². The lowest BCUT2D eigenvalue weighted by atomic mass is 9.99. The van der Waals surface area contributed by atoms with Crippen molar-refractivity contribution in [3.05, 3.63) is 30.3 Å². The number of nitrogens with zero attached hydrogens (tertiary/aromatic N) is 1. The Hall–Kier alpha value is -1.49. The molecule has 0 spiro atoms. The fourth-order valence-electron chi connectivity index (χ4n) is 2.42. The number of rotatable bonds is 5. The van der Waals surface area contributed by atoms with Crippen molar-refractivity contribution in [3.63, 3.8) is 0 Å². The number of aliphatic carboxylic acids is 1. The molecular formula is C15H19NO3S. The highest BCUT2D eigenvalue weighted by atomic mass is 32.2.